The molecule has 6 nitrogen and oxygen atoms in total. The minimum absolute atomic E-state index is 0.176. The highest BCUT2D eigenvalue weighted by atomic mass is 16.5. The monoisotopic (exact) mass is 378 g/mol. The van der Waals surface area contributed by atoms with E-state index in [0.29, 0.717) is 41.9 Å². The summed E-state index contributed by atoms with van der Waals surface area (Å²) in [7, 11) is 1.36. The summed E-state index contributed by atoms with van der Waals surface area (Å²) in [4.78, 5) is 31.2. The number of fused-ring (bicyclic) bond motifs is 1. The molecule has 0 N–H and O–H groups in total. The van der Waals surface area contributed by atoms with E-state index in [4.69, 9.17) is 9.15 Å². The number of methoxy groups -OCH3 is 1. The molecule has 4 rings (SSSR count). The largest absolute Gasteiger partial charge is 0.467 e. The lowest BCUT2D eigenvalue weighted by atomic mass is 10.0. The number of nitrogens with zero attached hydrogens (tertiary/aromatic N) is 2. The minimum Gasteiger partial charge on any atom is -0.467 e. The molecule has 0 radical (unpaired) electrons. The van der Waals surface area contributed by atoms with Gasteiger partial charge in [0, 0.05) is 18.5 Å². The molecule has 2 aromatic carbocycles. The highest BCUT2D eigenvalue weighted by Crippen LogP contribution is 2.24. The maximum atomic E-state index is 13.0. The molecule has 0 spiro atoms. The number of rotatable bonds is 4. The summed E-state index contributed by atoms with van der Waals surface area (Å²) in [5.41, 5.74) is 2.90. The molecule has 6 heteroatoms. The molecule has 1 fully saturated rings. The van der Waals surface area contributed by atoms with Crippen molar-refractivity contribution in [3.8, 4) is 0 Å². The van der Waals surface area contributed by atoms with Gasteiger partial charge in [0.1, 0.15) is 11.6 Å². The number of carbonyl (C=O) groups excluding carboxylic acids is 2. The average Bonchev–Trinajstić information content (AvgIpc) is 3.14. The van der Waals surface area contributed by atoms with Gasteiger partial charge in [-0.15, -0.1) is 0 Å². The quantitative estimate of drug-likeness (QED) is 0.649. The molecule has 1 aliphatic rings. The van der Waals surface area contributed by atoms with Gasteiger partial charge in [-0.2, -0.15) is 0 Å². The van der Waals surface area contributed by atoms with Gasteiger partial charge in [0.15, 0.2) is 11.5 Å². The molecule has 1 aromatic heterocycles. The van der Waals surface area contributed by atoms with E-state index in [-0.39, 0.29) is 11.9 Å². The Labute approximate surface area is 163 Å². The fourth-order valence-electron chi connectivity index (χ4n) is 3.68. The molecule has 1 atom stereocenters. The predicted octanol–water partition coefficient (Wildman–Crippen LogP) is 3.59. The Hall–Kier alpha value is -3.15. The van der Waals surface area contributed by atoms with Crippen molar-refractivity contribution in [2.75, 3.05) is 13.7 Å². The van der Waals surface area contributed by atoms with Crippen molar-refractivity contribution >= 4 is 23.0 Å². The molecule has 0 bridgehead atoms. The number of aromatic nitrogens is 1. The smallest absolute Gasteiger partial charge is 0.328 e. The van der Waals surface area contributed by atoms with Gasteiger partial charge < -0.3 is 14.1 Å². The first-order valence-electron chi connectivity index (χ1n) is 9.48. The maximum absolute atomic E-state index is 13.0. The topological polar surface area (TPSA) is 72.6 Å². The van der Waals surface area contributed by atoms with Crippen LogP contribution < -0.4 is 0 Å². The van der Waals surface area contributed by atoms with Gasteiger partial charge in [0.2, 0.25) is 0 Å². The molecule has 28 heavy (non-hydrogen) atoms. The van der Waals surface area contributed by atoms with Gasteiger partial charge in [0.25, 0.3) is 5.91 Å². The molecule has 1 unspecified atom stereocenters. The Kier molecular flexibility index (Phi) is 5.10. The van der Waals surface area contributed by atoms with Gasteiger partial charge in [0.05, 0.1) is 7.11 Å². The van der Waals surface area contributed by atoms with Gasteiger partial charge in [-0.25, -0.2) is 9.78 Å². The number of hydrogen-bond acceptors (Lipinski definition) is 5. The molecule has 0 saturated carbocycles. The van der Waals surface area contributed by atoms with Gasteiger partial charge in [-0.1, -0.05) is 30.3 Å². The summed E-state index contributed by atoms with van der Waals surface area (Å²) in [5.74, 6) is 0.0709. The molecule has 1 aliphatic heterocycles. The van der Waals surface area contributed by atoms with E-state index in [9.17, 15) is 9.59 Å². The molecule has 2 heterocycles. The fourth-order valence-corrected chi connectivity index (χ4v) is 3.68. The second-order valence-corrected chi connectivity index (χ2v) is 6.99. The van der Waals surface area contributed by atoms with Gasteiger partial charge in [-0.05, 0) is 43.0 Å². The number of esters is 1. The summed E-state index contributed by atoms with van der Waals surface area (Å²) >= 11 is 0. The lowest BCUT2D eigenvalue weighted by Gasteiger charge is -2.33. The van der Waals surface area contributed by atoms with E-state index in [1.54, 1.807) is 23.1 Å². The number of hydrogen-bond donors (Lipinski definition) is 0. The Balaban J connectivity index is 1.58. The molecular formula is C22H22N2O4. The van der Waals surface area contributed by atoms with Crippen LogP contribution in [0.1, 0.15) is 41.1 Å². The number of piperidine rings is 1. The van der Waals surface area contributed by atoms with E-state index in [1.807, 2.05) is 30.3 Å². The van der Waals surface area contributed by atoms with Crippen LogP contribution in [0, 0.1) is 0 Å². The van der Waals surface area contributed by atoms with Crippen LogP contribution in [-0.4, -0.2) is 41.5 Å². The van der Waals surface area contributed by atoms with Crippen LogP contribution in [0.3, 0.4) is 0 Å². The number of ether oxygens (including phenoxy) is 1. The summed E-state index contributed by atoms with van der Waals surface area (Å²) in [5, 5.41) is 0. The van der Waals surface area contributed by atoms with Crippen molar-refractivity contribution in [3.63, 3.8) is 0 Å². The van der Waals surface area contributed by atoms with Crippen LogP contribution >= 0.6 is 0 Å². The van der Waals surface area contributed by atoms with Crippen molar-refractivity contribution in [3.05, 3.63) is 65.5 Å². The van der Waals surface area contributed by atoms with Gasteiger partial charge >= 0.3 is 5.97 Å². The van der Waals surface area contributed by atoms with E-state index >= 15 is 0 Å². The molecule has 0 aliphatic carbocycles. The number of carbonyl (C=O) groups is 2. The third kappa shape index (κ3) is 3.63. The first kappa shape index (κ1) is 18.2. The maximum Gasteiger partial charge on any atom is 0.328 e. The number of oxazole rings is 1. The number of amides is 1. The minimum atomic E-state index is -0.520. The number of benzene rings is 2. The second kappa shape index (κ2) is 7.84. The highest BCUT2D eigenvalue weighted by molar-refractivity contribution is 5.99. The SMILES string of the molecule is COC(=O)C1CCCCN1C(=O)c1ccc2oc(Cc3ccccc3)nc2c1. The van der Waals surface area contributed by atoms with Crippen LogP contribution in [0.15, 0.2) is 52.9 Å². The molecular weight excluding hydrogens is 356 g/mol. The van der Waals surface area contributed by atoms with E-state index in [1.165, 1.54) is 7.11 Å². The summed E-state index contributed by atoms with van der Waals surface area (Å²) in [6.07, 6.45) is 3.02. The Morgan fingerprint density at radius 2 is 2.00 bits per heavy atom. The standard InChI is InChI=1S/C22H22N2O4/c1-27-22(26)18-9-5-6-12-24(18)21(25)16-10-11-19-17(14-16)23-20(28-19)13-15-7-3-2-4-8-15/h2-4,7-8,10-11,14,18H,5-6,9,12-13H2,1H3. The summed E-state index contributed by atoms with van der Waals surface area (Å²) in [6, 6.07) is 14.7. The van der Waals surface area contributed by atoms with Crippen LogP contribution in [0.5, 0.6) is 0 Å². The van der Waals surface area contributed by atoms with Crippen molar-refractivity contribution in [1.29, 1.82) is 0 Å². The van der Waals surface area contributed by atoms with E-state index in [0.717, 1.165) is 18.4 Å². The summed E-state index contributed by atoms with van der Waals surface area (Å²) < 4.78 is 10.7. The van der Waals surface area contributed by atoms with Crippen LogP contribution in [-0.2, 0) is 16.0 Å². The summed E-state index contributed by atoms with van der Waals surface area (Å²) in [6.45, 7) is 0.550. The molecule has 3 aromatic rings. The normalized spacial score (nSPS) is 16.9. The lowest BCUT2D eigenvalue weighted by Crippen LogP contribution is -2.48. The lowest BCUT2D eigenvalue weighted by molar-refractivity contribution is -0.147. The molecule has 1 amide bonds. The first-order valence-corrected chi connectivity index (χ1v) is 9.48. The molecule has 144 valence electrons. The zero-order valence-corrected chi connectivity index (χ0v) is 15.8. The third-order valence-corrected chi connectivity index (χ3v) is 5.11. The van der Waals surface area contributed by atoms with E-state index in [2.05, 4.69) is 4.98 Å². The zero-order chi connectivity index (χ0) is 19.5. The first-order chi connectivity index (χ1) is 13.7. The number of likely N-dealkylation sites (tertiary alicyclic amines) is 1. The second-order valence-electron chi connectivity index (χ2n) is 6.99. The van der Waals surface area contributed by atoms with Crippen molar-refractivity contribution < 1.29 is 18.7 Å². The van der Waals surface area contributed by atoms with Crippen molar-refractivity contribution in [1.82, 2.24) is 9.88 Å². The highest BCUT2D eigenvalue weighted by Gasteiger charge is 2.33. The van der Waals surface area contributed by atoms with Crippen molar-refractivity contribution in [2.24, 2.45) is 0 Å². The average molecular weight is 378 g/mol. The fraction of sp³-hybridized carbons (Fsp3) is 0.318. The Morgan fingerprint density at radius 1 is 1.18 bits per heavy atom. The van der Waals surface area contributed by atoms with Crippen LogP contribution in [0.2, 0.25) is 0 Å². The Bertz CT molecular complexity index is 996. The van der Waals surface area contributed by atoms with Gasteiger partial charge in [-0.3, -0.25) is 4.79 Å². The molecule has 1 saturated heterocycles. The predicted molar refractivity (Wildman–Crippen MR) is 104 cm³/mol. The zero-order valence-electron chi connectivity index (χ0n) is 15.8. The van der Waals surface area contributed by atoms with Crippen molar-refractivity contribution in [2.45, 2.75) is 31.7 Å². The van der Waals surface area contributed by atoms with E-state index < -0.39 is 6.04 Å². The van der Waals surface area contributed by atoms with Crippen LogP contribution in [0.25, 0.3) is 11.1 Å². The van der Waals surface area contributed by atoms with Crippen LogP contribution in [0.4, 0.5) is 0 Å². The third-order valence-electron chi connectivity index (χ3n) is 5.11. The Morgan fingerprint density at radius 3 is 2.79 bits per heavy atom.